The van der Waals surface area contributed by atoms with E-state index in [0.29, 0.717) is 11.3 Å². The van der Waals surface area contributed by atoms with Gasteiger partial charge in [-0.1, -0.05) is 354 Å². The van der Waals surface area contributed by atoms with E-state index >= 15 is 0 Å². The monoisotopic (exact) mass is 1280 g/mol. The lowest BCUT2D eigenvalue weighted by Crippen LogP contribution is -2.49. The lowest BCUT2D eigenvalue weighted by Gasteiger charge is -2.51. The van der Waals surface area contributed by atoms with Crippen LogP contribution in [0.15, 0.2) is 84.9 Å². The van der Waals surface area contributed by atoms with Crippen LogP contribution in [0, 0.1) is 17.3 Å². The number of piperidine rings is 1. The van der Waals surface area contributed by atoms with E-state index in [4.69, 9.17) is 0 Å². The van der Waals surface area contributed by atoms with Gasteiger partial charge in [0.1, 0.15) is 0 Å². The normalized spacial score (nSPS) is 10.9. The van der Waals surface area contributed by atoms with Crippen molar-refractivity contribution >= 4 is 22.7 Å². The van der Waals surface area contributed by atoms with Crippen LogP contribution in [-0.2, 0) is 38.5 Å². The predicted molar refractivity (Wildman–Crippen MR) is 441 cm³/mol. The number of hydrogen-bond donors (Lipinski definition) is 0. The highest BCUT2D eigenvalue weighted by molar-refractivity contribution is 5.61. The van der Waals surface area contributed by atoms with E-state index in [0.717, 1.165) is 70.6 Å². The number of nitrogens with zero attached hydrogens (tertiary/aromatic N) is 4. The van der Waals surface area contributed by atoms with Gasteiger partial charge in [0.05, 0.1) is 0 Å². The van der Waals surface area contributed by atoms with Gasteiger partial charge in [0.15, 0.2) is 0 Å². The van der Waals surface area contributed by atoms with E-state index in [2.05, 4.69) is 216 Å². The Bertz CT molecular complexity index is 1840. The standard InChI is InChI=1S/C32H50N2.C14H23N.C12H19N.C5H12.12C2H6/c1-8-15-25(5)32(20-22-34(23-21-32)30-19-13-12-16-27(30)9-2)26(6)24-33(7)31-28(10-3)17-14-18-29(31)11-4;1-5-11-15(4)14-12(6-2)9-8-10-13(14)7-3;1-4-11-9-7-8-10-12(11)13(5-2)6-3;1-3-5-4-2;12*1-2/h12-14,16-19,25-26H,8-11,15,20-24H2,1-7H3;8-10H,5-7,11H2,1-4H3;7-10H,4-6H2,1-3H3;3-5H2,1-2H3;12*1-2H3/t25?,26-;;;;;;;;;;;;;;;/m0.............../s1. The van der Waals surface area contributed by atoms with Crippen molar-refractivity contribution in [3.63, 3.8) is 0 Å². The van der Waals surface area contributed by atoms with Crippen molar-refractivity contribution in [1.82, 2.24) is 0 Å². The summed E-state index contributed by atoms with van der Waals surface area (Å²) < 4.78 is 0. The summed E-state index contributed by atoms with van der Waals surface area (Å²) in [5, 5.41) is 0. The molecule has 544 valence electrons. The van der Waals surface area contributed by atoms with Crippen molar-refractivity contribution in [2.45, 2.75) is 353 Å². The van der Waals surface area contributed by atoms with Gasteiger partial charge in [0, 0.05) is 76.1 Å². The highest BCUT2D eigenvalue weighted by Crippen LogP contribution is 2.48. The molecule has 4 heteroatoms. The summed E-state index contributed by atoms with van der Waals surface area (Å²) in [4.78, 5) is 10.1. The summed E-state index contributed by atoms with van der Waals surface area (Å²) in [6.07, 6.45) is 17.2. The second-order valence-corrected chi connectivity index (χ2v) is 19.4. The van der Waals surface area contributed by atoms with E-state index in [-0.39, 0.29) is 0 Å². The molecule has 1 aliphatic rings. The maximum atomic E-state index is 2.67. The Morgan fingerprint density at radius 2 is 0.681 bits per heavy atom. The van der Waals surface area contributed by atoms with Crippen LogP contribution >= 0.6 is 0 Å². The van der Waals surface area contributed by atoms with E-state index in [1.165, 1.54) is 121 Å². The zero-order valence-electron chi connectivity index (χ0n) is 70.7. The number of aryl methyl sites for hydroxylation is 6. The van der Waals surface area contributed by atoms with Gasteiger partial charge < -0.3 is 19.6 Å². The summed E-state index contributed by atoms with van der Waals surface area (Å²) in [6.45, 7) is 86.9. The number of benzene rings is 4. The van der Waals surface area contributed by atoms with Crippen LogP contribution in [0.5, 0.6) is 0 Å². The lowest BCUT2D eigenvalue weighted by molar-refractivity contribution is 0.0540. The molecule has 1 heterocycles. The molecule has 0 bridgehead atoms. The maximum Gasteiger partial charge on any atom is 0.0428 e. The van der Waals surface area contributed by atoms with E-state index < -0.39 is 0 Å². The summed E-state index contributed by atoms with van der Waals surface area (Å²) in [5.41, 5.74) is 15.1. The molecule has 0 aliphatic carbocycles. The molecule has 0 amide bonds. The van der Waals surface area contributed by atoms with Crippen LogP contribution in [-0.4, -0.2) is 53.4 Å². The first-order valence-electron chi connectivity index (χ1n) is 39.7. The zero-order valence-corrected chi connectivity index (χ0v) is 70.7. The van der Waals surface area contributed by atoms with Crippen molar-refractivity contribution < 1.29 is 0 Å². The predicted octanol–water partition coefficient (Wildman–Crippen LogP) is 29.4. The molecule has 1 unspecified atom stereocenters. The Labute approximate surface area is 581 Å². The molecule has 0 radical (unpaired) electrons. The molecule has 0 saturated carbocycles. The van der Waals surface area contributed by atoms with Gasteiger partial charge in [-0.25, -0.2) is 0 Å². The highest BCUT2D eigenvalue weighted by atomic mass is 15.1. The van der Waals surface area contributed by atoms with Crippen LogP contribution in [0.2, 0.25) is 0 Å². The fourth-order valence-electron chi connectivity index (χ4n) is 11.1. The molecule has 0 aromatic heterocycles. The third kappa shape index (κ3) is 46.8. The number of para-hydroxylation sites is 4. The Hall–Kier alpha value is -3.92. The summed E-state index contributed by atoms with van der Waals surface area (Å²) in [5.74, 6) is 1.42. The minimum atomic E-state index is 0.412. The summed E-state index contributed by atoms with van der Waals surface area (Å²) in [6, 6.07) is 31.3. The molecule has 5 rings (SSSR count). The van der Waals surface area contributed by atoms with E-state index in [9.17, 15) is 0 Å². The van der Waals surface area contributed by atoms with Gasteiger partial charge in [0.2, 0.25) is 0 Å². The molecule has 1 saturated heterocycles. The van der Waals surface area contributed by atoms with Crippen LogP contribution in [0.25, 0.3) is 0 Å². The quantitative estimate of drug-likeness (QED) is 0.0777. The molecule has 4 aromatic carbocycles. The molecule has 91 heavy (non-hydrogen) atoms. The SMILES string of the molecule is CC.CC.CC.CC.CC.CC.CC.CC.CC.CC.CC.CC.CCCC(C)C1([C@@H](C)CN(C)c2c(CC)cccc2CC)CCN(c2ccccc2CC)CC1.CCCCC.CCCN(C)c1c(CC)cccc1CC.CCc1ccccc1N(CC)CC. The molecule has 4 aromatic rings. The smallest absolute Gasteiger partial charge is 0.0428 e. The third-order valence-electron chi connectivity index (χ3n) is 15.1. The maximum absolute atomic E-state index is 2.67. The van der Waals surface area contributed by atoms with Crippen LogP contribution in [0.3, 0.4) is 0 Å². The highest BCUT2D eigenvalue weighted by Gasteiger charge is 2.43. The molecule has 0 spiro atoms. The van der Waals surface area contributed by atoms with Crippen LogP contribution in [0.4, 0.5) is 22.7 Å². The minimum absolute atomic E-state index is 0.412. The Morgan fingerprint density at radius 3 is 0.989 bits per heavy atom. The number of rotatable bonds is 22. The van der Waals surface area contributed by atoms with Gasteiger partial charge in [-0.15, -0.1) is 0 Å². The molecular formula is C87H176N4. The van der Waals surface area contributed by atoms with Gasteiger partial charge in [-0.3, -0.25) is 0 Å². The number of unbranched alkanes of at least 4 members (excludes halogenated alkanes) is 2. The van der Waals surface area contributed by atoms with Crippen LogP contribution < -0.4 is 19.6 Å². The fraction of sp³-hybridized carbons (Fsp3) is 0.724. The van der Waals surface area contributed by atoms with Gasteiger partial charge in [-0.05, 0) is 134 Å². The van der Waals surface area contributed by atoms with Crippen molar-refractivity contribution in [1.29, 1.82) is 0 Å². The van der Waals surface area contributed by atoms with Crippen LogP contribution in [0.1, 0.15) is 348 Å². The Balaban J connectivity index is -0.000000105. The Morgan fingerprint density at radius 1 is 0.363 bits per heavy atom. The first-order valence-corrected chi connectivity index (χ1v) is 39.7. The zero-order chi connectivity index (χ0) is 73.8. The number of hydrogen-bond acceptors (Lipinski definition) is 4. The summed E-state index contributed by atoms with van der Waals surface area (Å²) in [7, 11) is 4.55. The first-order chi connectivity index (χ1) is 44.4. The molecule has 2 atom stereocenters. The summed E-state index contributed by atoms with van der Waals surface area (Å²) >= 11 is 0. The second-order valence-electron chi connectivity index (χ2n) is 19.4. The average molecular weight is 1280 g/mol. The molecule has 1 fully saturated rings. The van der Waals surface area contributed by atoms with Crippen molar-refractivity contribution in [3.8, 4) is 0 Å². The minimum Gasteiger partial charge on any atom is -0.374 e. The number of anilines is 4. The second kappa shape index (κ2) is 88.1. The van der Waals surface area contributed by atoms with Gasteiger partial charge in [0.25, 0.3) is 0 Å². The molecule has 4 nitrogen and oxygen atoms in total. The first kappa shape index (κ1) is 111. The lowest BCUT2D eigenvalue weighted by atomic mass is 9.61. The molecular weight excluding hydrogens is 1100 g/mol. The molecule has 1 aliphatic heterocycles. The van der Waals surface area contributed by atoms with Gasteiger partial charge in [-0.2, -0.15) is 0 Å². The molecule has 0 N–H and O–H groups in total. The van der Waals surface area contributed by atoms with Crippen molar-refractivity contribution in [3.05, 3.63) is 118 Å². The third-order valence-corrected chi connectivity index (χ3v) is 15.1. The van der Waals surface area contributed by atoms with E-state index in [1.54, 1.807) is 0 Å². The Kier molecular flexibility index (Phi) is 108. The fourth-order valence-corrected chi connectivity index (χ4v) is 11.1. The van der Waals surface area contributed by atoms with Gasteiger partial charge >= 0.3 is 0 Å². The van der Waals surface area contributed by atoms with E-state index in [1.807, 2.05) is 166 Å². The average Bonchev–Trinajstić information content (AvgIpc) is 0.886. The van der Waals surface area contributed by atoms with Crippen molar-refractivity contribution in [2.24, 2.45) is 17.3 Å². The topological polar surface area (TPSA) is 13.0 Å². The van der Waals surface area contributed by atoms with Crippen molar-refractivity contribution in [2.75, 3.05) is 73.0 Å². The largest absolute Gasteiger partial charge is 0.374 e.